The first-order valence-electron chi connectivity index (χ1n) is 10.5. The average Bonchev–Trinajstić information content (AvgIpc) is 3.55. The summed E-state index contributed by atoms with van der Waals surface area (Å²) in [5, 5.41) is 12.1. The van der Waals surface area contributed by atoms with Crippen LogP contribution in [0.15, 0.2) is 90.1 Å². The summed E-state index contributed by atoms with van der Waals surface area (Å²) >= 11 is 1.34. The van der Waals surface area contributed by atoms with Gasteiger partial charge in [-0.2, -0.15) is 0 Å². The number of hydrogen-bond donors (Lipinski definition) is 1. The Morgan fingerprint density at radius 3 is 2.25 bits per heavy atom. The number of thioether (sulfide) groups is 1. The van der Waals surface area contributed by atoms with Crippen molar-refractivity contribution < 1.29 is 9.18 Å². The van der Waals surface area contributed by atoms with Crippen molar-refractivity contribution in [2.24, 2.45) is 0 Å². The number of benzene rings is 3. The Morgan fingerprint density at radius 2 is 1.59 bits per heavy atom. The first kappa shape index (κ1) is 20.5. The van der Waals surface area contributed by atoms with Gasteiger partial charge in [0.1, 0.15) is 11.1 Å². The molecular weight excluding hydrogens is 423 g/mol. The van der Waals surface area contributed by atoms with Crippen LogP contribution in [-0.4, -0.2) is 26.7 Å². The van der Waals surface area contributed by atoms with Crippen LogP contribution in [0.2, 0.25) is 0 Å². The fourth-order valence-electron chi connectivity index (χ4n) is 3.45. The molecule has 5 rings (SSSR count). The van der Waals surface area contributed by atoms with Crippen molar-refractivity contribution in [3.05, 3.63) is 96.3 Å². The second-order valence-corrected chi connectivity index (χ2v) is 8.75. The minimum Gasteiger partial charge on any atom is -0.352 e. The molecule has 1 N–H and O–H groups in total. The third-order valence-corrected chi connectivity index (χ3v) is 6.43. The number of amides is 1. The van der Waals surface area contributed by atoms with Crippen LogP contribution in [-0.2, 0) is 4.79 Å². The molecule has 4 aromatic rings. The molecule has 1 aliphatic rings. The Morgan fingerprint density at radius 1 is 0.938 bits per heavy atom. The SMILES string of the molecule is O=C(NC1CC1)[C@H](Sc1nnc(-c2ccccc2)n1-c1ccc(F)cc1)c1ccccc1. The first-order chi connectivity index (χ1) is 15.7. The molecule has 5 nitrogen and oxygen atoms in total. The number of carbonyl (C=O) groups excluding carboxylic acids is 1. The molecule has 0 unspecified atom stereocenters. The normalized spacial score (nSPS) is 14.2. The zero-order chi connectivity index (χ0) is 21.9. The van der Waals surface area contributed by atoms with E-state index < -0.39 is 5.25 Å². The second kappa shape index (κ2) is 8.96. The number of carbonyl (C=O) groups is 1. The highest BCUT2D eigenvalue weighted by molar-refractivity contribution is 8.00. The summed E-state index contributed by atoms with van der Waals surface area (Å²) in [5.74, 6) is 0.274. The maximum Gasteiger partial charge on any atom is 0.238 e. The lowest BCUT2D eigenvalue weighted by atomic mass is 10.1. The number of halogens is 1. The molecule has 0 aliphatic heterocycles. The number of rotatable bonds is 7. The lowest BCUT2D eigenvalue weighted by Crippen LogP contribution is -2.29. The van der Waals surface area contributed by atoms with Gasteiger partial charge in [-0.25, -0.2) is 4.39 Å². The van der Waals surface area contributed by atoms with Crippen LogP contribution in [0.3, 0.4) is 0 Å². The van der Waals surface area contributed by atoms with Crippen molar-refractivity contribution in [3.8, 4) is 17.1 Å². The van der Waals surface area contributed by atoms with Crippen molar-refractivity contribution in [1.82, 2.24) is 20.1 Å². The van der Waals surface area contributed by atoms with Gasteiger partial charge in [-0.15, -0.1) is 10.2 Å². The van der Waals surface area contributed by atoms with Gasteiger partial charge in [-0.3, -0.25) is 9.36 Å². The summed E-state index contributed by atoms with van der Waals surface area (Å²) in [7, 11) is 0. The van der Waals surface area contributed by atoms with E-state index in [2.05, 4.69) is 15.5 Å². The summed E-state index contributed by atoms with van der Waals surface area (Å²) in [5.41, 5.74) is 2.51. The number of hydrogen-bond acceptors (Lipinski definition) is 4. The monoisotopic (exact) mass is 444 g/mol. The van der Waals surface area contributed by atoms with Crippen LogP contribution in [0.5, 0.6) is 0 Å². The smallest absolute Gasteiger partial charge is 0.238 e. The van der Waals surface area contributed by atoms with E-state index in [4.69, 9.17) is 0 Å². The molecule has 7 heteroatoms. The fraction of sp³-hybridized carbons (Fsp3) is 0.160. The molecule has 1 fully saturated rings. The van der Waals surface area contributed by atoms with Crippen LogP contribution < -0.4 is 5.32 Å². The van der Waals surface area contributed by atoms with Crippen molar-refractivity contribution in [1.29, 1.82) is 0 Å². The van der Waals surface area contributed by atoms with Gasteiger partial charge in [-0.05, 0) is 42.7 Å². The van der Waals surface area contributed by atoms with Crippen molar-refractivity contribution in [3.63, 3.8) is 0 Å². The maximum absolute atomic E-state index is 13.6. The topological polar surface area (TPSA) is 59.8 Å². The van der Waals surface area contributed by atoms with Crippen LogP contribution in [0, 0.1) is 5.82 Å². The van der Waals surface area contributed by atoms with Crippen LogP contribution in [0.1, 0.15) is 23.7 Å². The lowest BCUT2D eigenvalue weighted by Gasteiger charge is -2.17. The molecule has 1 heterocycles. The third-order valence-electron chi connectivity index (χ3n) is 5.24. The Hall–Kier alpha value is -3.45. The van der Waals surface area contributed by atoms with Crippen molar-refractivity contribution in [2.75, 3.05) is 0 Å². The molecular formula is C25H21FN4OS. The van der Waals surface area contributed by atoms with Crippen LogP contribution in [0.4, 0.5) is 4.39 Å². The summed E-state index contributed by atoms with van der Waals surface area (Å²) < 4.78 is 15.5. The zero-order valence-corrected chi connectivity index (χ0v) is 18.0. The van der Waals surface area contributed by atoms with Gasteiger partial charge in [0.15, 0.2) is 11.0 Å². The molecule has 1 saturated carbocycles. The van der Waals surface area contributed by atoms with Gasteiger partial charge < -0.3 is 5.32 Å². The number of nitrogens with one attached hydrogen (secondary N) is 1. The summed E-state index contributed by atoms with van der Waals surface area (Å²) in [6, 6.07) is 25.8. The van der Waals surface area contributed by atoms with E-state index in [1.165, 1.54) is 23.9 Å². The molecule has 0 radical (unpaired) electrons. The molecule has 1 amide bonds. The summed E-state index contributed by atoms with van der Waals surface area (Å²) in [4.78, 5) is 13.1. The van der Waals surface area contributed by atoms with E-state index >= 15 is 0 Å². The Kier molecular flexibility index (Phi) is 5.73. The van der Waals surface area contributed by atoms with Gasteiger partial charge >= 0.3 is 0 Å². The van der Waals surface area contributed by atoms with E-state index in [0.29, 0.717) is 11.0 Å². The number of aromatic nitrogens is 3. The predicted octanol–water partition coefficient (Wildman–Crippen LogP) is 5.19. The van der Waals surface area contributed by atoms with Crippen molar-refractivity contribution in [2.45, 2.75) is 29.3 Å². The predicted molar refractivity (Wildman–Crippen MR) is 123 cm³/mol. The Balaban J connectivity index is 1.57. The molecule has 1 aliphatic carbocycles. The molecule has 1 aromatic heterocycles. The highest BCUT2D eigenvalue weighted by atomic mass is 32.2. The van der Waals surface area contributed by atoms with Crippen LogP contribution >= 0.6 is 11.8 Å². The van der Waals surface area contributed by atoms with E-state index in [1.807, 2.05) is 65.2 Å². The van der Waals surface area contributed by atoms with Crippen molar-refractivity contribution >= 4 is 17.7 Å². The highest BCUT2D eigenvalue weighted by Gasteiger charge is 2.31. The molecule has 0 saturated heterocycles. The minimum atomic E-state index is -0.483. The fourth-order valence-corrected chi connectivity index (χ4v) is 4.52. The maximum atomic E-state index is 13.6. The van der Waals surface area contributed by atoms with E-state index in [-0.39, 0.29) is 17.8 Å². The lowest BCUT2D eigenvalue weighted by molar-refractivity contribution is -0.120. The van der Waals surface area contributed by atoms with Gasteiger partial charge in [-0.1, -0.05) is 72.4 Å². The average molecular weight is 445 g/mol. The Bertz CT molecular complexity index is 1210. The molecule has 1 atom stereocenters. The van der Waals surface area contributed by atoms with E-state index in [0.717, 1.165) is 29.7 Å². The molecule has 0 bridgehead atoms. The summed E-state index contributed by atoms with van der Waals surface area (Å²) in [6.45, 7) is 0. The van der Waals surface area contributed by atoms with Gasteiger partial charge in [0.2, 0.25) is 5.91 Å². The van der Waals surface area contributed by atoms with E-state index in [1.54, 1.807) is 12.1 Å². The highest BCUT2D eigenvalue weighted by Crippen LogP contribution is 2.38. The van der Waals surface area contributed by atoms with E-state index in [9.17, 15) is 9.18 Å². The standard InChI is InChI=1S/C25H21FN4OS/c26-19-11-15-21(16-12-19)30-23(18-9-5-2-6-10-18)28-29-25(30)32-22(17-7-3-1-4-8-17)24(31)27-20-13-14-20/h1-12,15-16,20,22H,13-14H2,(H,27,31)/t22-/m1/s1. The first-order valence-corrected chi connectivity index (χ1v) is 11.4. The molecule has 3 aromatic carbocycles. The molecule has 160 valence electrons. The van der Waals surface area contributed by atoms with Gasteiger partial charge in [0.05, 0.1) is 0 Å². The summed E-state index contributed by atoms with van der Waals surface area (Å²) in [6.07, 6.45) is 2.03. The van der Waals surface area contributed by atoms with Gasteiger partial charge in [0.25, 0.3) is 0 Å². The minimum absolute atomic E-state index is 0.0429. The quantitative estimate of drug-likeness (QED) is 0.399. The largest absolute Gasteiger partial charge is 0.352 e. The molecule has 32 heavy (non-hydrogen) atoms. The second-order valence-electron chi connectivity index (χ2n) is 7.68. The van der Waals surface area contributed by atoms with Gasteiger partial charge in [0, 0.05) is 17.3 Å². The Labute approximate surface area is 189 Å². The zero-order valence-electron chi connectivity index (χ0n) is 17.2. The van der Waals surface area contributed by atoms with Crippen LogP contribution in [0.25, 0.3) is 17.1 Å². The molecule has 0 spiro atoms. The third kappa shape index (κ3) is 4.43. The number of nitrogens with zero attached hydrogens (tertiary/aromatic N) is 3.